The third kappa shape index (κ3) is 2.58. The van der Waals surface area contributed by atoms with E-state index in [2.05, 4.69) is 19.9 Å². The monoisotopic (exact) mass is 268 g/mol. The second-order valence-corrected chi connectivity index (χ2v) is 4.26. The Morgan fingerprint density at radius 3 is 2.16 bits per heavy atom. The van der Waals surface area contributed by atoms with Crippen molar-refractivity contribution in [1.29, 1.82) is 0 Å². The van der Waals surface area contributed by atoms with E-state index in [-0.39, 0.29) is 0 Å². The summed E-state index contributed by atoms with van der Waals surface area (Å²) in [6.45, 7) is 0. The zero-order chi connectivity index (χ0) is 13.1. The number of pyridine rings is 1. The average molecular weight is 269 g/mol. The molecule has 3 rings (SSSR count). The first-order valence-electron chi connectivity index (χ1n) is 5.69. The number of hydrogen-bond donors (Lipinski definition) is 0. The van der Waals surface area contributed by atoms with Crippen molar-refractivity contribution in [2.24, 2.45) is 0 Å². The van der Waals surface area contributed by atoms with Crippen LogP contribution >= 0.6 is 11.6 Å². The zero-order valence-corrected chi connectivity index (χ0v) is 10.6. The van der Waals surface area contributed by atoms with Gasteiger partial charge in [0, 0.05) is 17.3 Å². The molecular weight excluding hydrogens is 260 g/mol. The molecule has 0 spiro atoms. The van der Waals surface area contributed by atoms with Crippen LogP contribution in [0.15, 0.2) is 55.0 Å². The van der Waals surface area contributed by atoms with E-state index in [0.717, 1.165) is 11.1 Å². The Labute approximate surface area is 115 Å². The average Bonchev–Trinajstić information content (AvgIpc) is 2.49. The molecule has 3 aromatic rings. The van der Waals surface area contributed by atoms with Gasteiger partial charge in [0.15, 0.2) is 11.6 Å². The Balaban J connectivity index is 2.03. The quantitative estimate of drug-likeness (QED) is 0.670. The molecule has 0 bridgehead atoms. The van der Waals surface area contributed by atoms with Gasteiger partial charge >= 0.3 is 0 Å². The largest absolute Gasteiger partial charge is 0.244 e. The summed E-state index contributed by atoms with van der Waals surface area (Å²) in [6, 6.07) is 13.3. The van der Waals surface area contributed by atoms with Crippen molar-refractivity contribution in [3.63, 3.8) is 0 Å². The molecule has 4 nitrogen and oxygen atoms in total. The number of hydrogen-bond acceptors (Lipinski definition) is 4. The fraction of sp³-hybridized carbons (Fsp3) is 0. The molecule has 1 aromatic carbocycles. The van der Waals surface area contributed by atoms with Crippen molar-refractivity contribution in [3.05, 3.63) is 60.1 Å². The van der Waals surface area contributed by atoms with E-state index in [9.17, 15) is 0 Å². The Morgan fingerprint density at radius 1 is 0.737 bits per heavy atom. The van der Waals surface area contributed by atoms with Crippen LogP contribution in [0.2, 0.25) is 5.15 Å². The van der Waals surface area contributed by atoms with E-state index >= 15 is 0 Å². The molecule has 5 heteroatoms. The SMILES string of the molecule is Clc1ccc(-c2ncnc(-c3ccccc3)n2)cn1. The molecule has 0 radical (unpaired) electrons. The Morgan fingerprint density at radius 2 is 1.47 bits per heavy atom. The van der Waals surface area contributed by atoms with Gasteiger partial charge in [0.2, 0.25) is 0 Å². The molecule has 92 valence electrons. The minimum absolute atomic E-state index is 0.445. The number of rotatable bonds is 2. The first-order valence-corrected chi connectivity index (χ1v) is 6.07. The standard InChI is InChI=1S/C14H9ClN4/c15-12-7-6-11(8-16-12)14-18-9-17-13(19-14)10-4-2-1-3-5-10/h1-9H. The zero-order valence-electron chi connectivity index (χ0n) is 9.86. The van der Waals surface area contributed by atoms with Crippen LogP contribution in [0.1, 0.15) is 0 Å². The predicted octanol–water partition coefficient (Wildman–Crippen LogP) is 3.25. The Kier molecular flexibility index (Phi) is 3.16. The molecule has 2 heterocycles. The second-order valence-electron chi connectivity index (χ2n) is 3.87. The van der Waals surface area contributed by atoms with E-state index in [1.807, 2.05) is 36.4 Å². The fourth-order valence-electron chi connectivity index (χ4n) is 1.67. The highest BCUT2D eigenvalue weighted by atomic mass is 35.5. The summed E-state index contributed by atoms with van der Waals surface area (Å²) >= 11 is 5.76. The van der Waals surface area contributed by atoms with E-state index < -0.39 is 0 Å². The van der Waals surface area contributed by atoms with Gasteiger partial charge in [0.05, 0.1) is 0 Å². The molecule has 0 aliphatic carbocycles. The lowest BCUT2D eigenvalue weighted by molar-refractivity contribution is 1.06. The number of halogens is 1. The smallest absolute Gasteiger partial charge is 0.164 e. The predicted molar refractivity (Wildman–Crippen MR) is 73.5 cm³/mol. The van der Waals surface area contributed by atoms with E-state index in [1.54, 1.807) is 12.3 Å². The van der Waals surface area contributed by atoms with Crippen LogP contribution in [-0.4, -0.2) is 19.9 Å². The van der Waals surface area contributed by atoms with Crippen LogP contribution in [0.25, 0.3) is 22.8 Å². The van der Waals surface area contributed by atoms with Crippen molar-refractivity contribution in [1.82, 2.24) is 19.9 Å². The first kappa shape index (κ1) is 11.7. The fourth-order valence-corrected chi connectivity index (χ4v) is 1.78. The van der Waals surface area contributed by atoms with Crippen molar-refractivity contribution >= 4 is 11.6 Å². The second kappa shape index (κ2) is 5.12. The van der Waals surface area contributed by atoms with Gasteiger partial charge in [-0.15, -0.1) is 0 Å². The number of benzene rings is 1. The third-order valence-corrected chi connectivity index (χ3v) is 2.81. The number of aromatic nitrogens is 4. The third-order valence-electron chi connectivity index (χ3n) is 2.59. The van der Waals surface area contributed by atoms with Gasteiger partial charge in [-0.2, -0.15) is 0 Å². The molecule has 0 saturated heterocycles. The normalized spacial score (nSPS) is 10.4. The van der Waals surface area contributed by atoms with E-state index in [1.165, 1.54) is 6.33 Å². The summed E-state index contributed by atoms with van der Waals surface area (Å²) in [5.41, 5.74) is 1.76. The van der Waals surface area contributed by atoms with Crippen LogP contribution in [0.5, 0.6) is 0 Å². The highest BCUT2D eigenvalue weighted by Gasteiger charge is 2.05. The molecule has 0 atom stereocenters. The molecular formula is C14H9ClN4. The molecule has 2 aromatic heterocycles. The van der Waals surface area contributed by atoms with Gasteiger partial charge in [0.1, 0.15) is 11.5 Å². The lowest BCUT2D eigenvalue weighted by Crippen LogP contribution is -1.95. The lowest BCUT2D eigenvalue weighted by atomic mass is 10.2. The van der Waals surface area contributed by atoms with Gasteiger partial charge in [-0.3, -0.25) is 0 Å². The maximum atomic E-state index is 5.76. The topological polar surface area (TPSA) is 51.6 Å². The summed E-state index contributed by atoms with van der Waals surface area (Å²) in [7, 11) is 0. The van der Waals surface area contributed by atoms with E-state index in [0.29, 0.717) is 16.8 Å². The summed E-state index contributed by atoms with van der Waals surface area (Å²) < 4.78 is 0. The minimum atomic E-state index is 0.445. The molecule has 0 saturated carbocycles. The molecule has 19 heavy (non-hydrogen) atoms. The van der Waals surface area contributed by atoms with Gasteiger partial charge in [-0.1, -0.05) is 41.9 Å². The van der Waals surface area contributed by atoms with Crippen LogP contribution < -0.4 is 0 Å². The number of nitrogens with zero attached hydrogens (tertiary/aromatic N) is 4. The molecule has 0 aliphatic rings. The lowest BCUT2D eigenvalue weighted by Gasteiger charge is -2.02. The van der Waals surface area contributed by atoms with Crippen molar-refractivity contribution in [2.75, 3.05) is 0 Å². The van der Waals surface area contributed by atoms with Crippen molar-refractivity contribution in [3.8, 4) is 22.8 Å². The summed E-state index contributed by atoms with van der Waals surface area (Å²) in [4.78, 5) is 16.8. The molecule has 0 amide bonds. The van der Waals surface area contributed by atoms with Crippen molar-refractivity contribution in [2.45, 2.75) is 0 Å². The van der Waals surface area contributed by atoms with Gasteiger partial charge in [-0.25, -0.2) is 19.9 Å². The van der Waals surface area contributed by atoms with Crippen LogP contribution in [0.4, 0.5) is 0 Å². The summed E-state index contributed by atoms with van der Waals surface area (Å²) in [5, 5.41) is 0.445. The molecule has 0 aliphatic heterocycles. The van der Waals surface area contributed by atoms with Crippen LogP contribution in [0, 0.1) is 0 Å². The van der Waals surface area contributed by atoms with Crippen LogP contribution in [0.3, 0.4) is 0 Å². The van der Waals surface area contributed by atoms with Crippen molar-refractivity contribution < 1.29 is 0 Å². The van der Waals surface area contributed by atoms with Gasteiger partial charge in [0.25, 0.3) is 0 Å². The van der Waals surface area contributed by atoms with Crippen LogP contribution in [-0.2, 0) is 0 Å². The minimum Gasteiger partial charge on any atom is -0.244 e. The molecule has 0 N–H and O–H groups in total. The van der Waals surface area contributed by atoms with Gasteiger partial charge < -0.3 is 0 Å². The molecule has 0 fully saturated rings. The summed E-state index contributed by atoms with van der Waals surface area (Å²) in [5.74, 6) is 1.22. The van der Waals surface area contributed by atoms with E-state index in [4.69, 9.17) is 11.6 Å². The highest BCUT2D eigenvalue weighted by Crippen LogP contribution is 2.18. The first-order chi connectivity index (χ1) is 9.33. The highest BCUT2D eigenvalue weighted by molar-refractivity contribution is 6.29. The maximum absolute atomic E-state index is 5.76. The van der Waals surface area contributed by atoms with Gasteiger partial charge in [-0.05, 0) is 12.1 Å². The Bertz CT molecular complexity index is 683. The summed E-state index contributed by atoms with van der Waals surface area (Å²) in [6.07, 6.45) is 3.14. The maximum Gasteiger partial charge on any atom is 0.164 e. The molecule has 0 unspecified atom stereocenters. The Hall–Kier alpha value is -2.33.